The topological polar surface area (TPSA) is 41.0 Å². The van der Waals surface area contributed by atoms with E-state index < -0.39 is 0 Å². The highest BCUT2D eigenvalue weighted by Gasteiger charge is 2.14. The van der Waals surface area contributed by atoms with Crippen molar-refractivity contribution in [1.82, 2.24) is 9.97 Å². The van der Waals surface area contributed by atoms with Gasteiger partial charge >= 0.3 is 0 Å². The van der Waals surface area contributed by atoms with Gasteiger partial charge in [-0.3, -0.25) is 0 Å². The smallest absolute Gasteiger partial charge is 0.182 e. The van der Waals surface area contributed by atoms with Gasteiger partial charge in [-0.2, -0.15) is 0 Å². The third-order valence-electron chi connectivity index (χ3n) is 4.59. The molecule has 1 aromatic carbocycles. The monoisotopic (exact) mass is 406 g/mol. The Labute approximate surface area is 178 Å². The van der Waals surface area contributed by atoms with Crippen LogP contribution in [0.4, 0.5) is 10.9 Å². The first-order valence-corrected chi connectivity index (χ1v) is 10.7. The van der Waals surface area contributed by atoms with E-state index in [4.69, 9.17) is 0 Å². The quantitative estimate of drug-likeness (QED) is 0.465. The van der Waals surface area contributed by atoms with E-state index in [0.717, 1.165) is 46.3 Å². The molecule has 2 heterocycles. The Hall–Kier alpha value is -2.66. The molecular weight excluding hydrogens is 376 g/mol. The van der Waals surface area contributed by atoms with Gasteiger partial charge in [-0.15, -0.1) is 11.3 Å². The fourth-order valence-electron chi connectivity index (χ4n) is 3.41. The summed E-state index contributed by atoms with van der Waals surface area (Å²) in [5.41, 5.74) is 5.88. The molecule has 2 aromatic heterocycles. The minimum atomic E-state index is 0.247. The van der Waals surface area contributed by atoms with Gasteiger partial charge < -0.3 is 10.2 Å². The maximum absolute atomic E-state index is 4.62. The first kappa shape index (κ1) is 21.1. The molecule has 0 saturated carbocycles. The maximum atomic E-state index is 4.62. The summed E-state index contributed by atoms with van der Waals surface area (Å²) >= 11 is 1.61. The molecule has 0 aliphatic carbocycles. The molecule has 4 nitrogen and oxygen atoms in total. The van der Waals surface area contributed by atoms with E-state index in [1.165, 1.54) is 5.57 Å². The lowest BCUT2D eigenvalue weighted by Gasteiger charge is -2.24. The lowest BCUT2D eigenvalue weighted by molar-refractivity contribution is 0.407. The van der Waals surface area contributed by atoms with Crippen molar-refractivity contribution in [2.45, 2.75) is 27.2 Å². The zero-order chi connectivity index (χ0) is 21.0. The lowest BCUT2D eigenvalue weighted by atomic mass is 9.88. The van der Waals surface area contributed by atoms with Gasteiger partial charge in [0, 0.05) is 37.8 Å². The first-order chi connectivity index (χ1) is 13.7. The van der Waals surface area contributed by atoms with Crippen LogP contribution in [0, 0.1) is 5.41 Å². The molecule has 0 fully saturated rings. The minimum absolute atomic E-state index is 0.247. The van der Waals surface area contributed by atoms with Crippen LogP contribution < -0.4 is 10.2 Å². The molecule has 0 radical (unpaired) electrons. The normalized spacial score (nSPS) is 11.3. The highest BCUT2D eigenvalue weighted by Crippen LogP contribution is 2.30. The van der Waals surface area contributed by atoms with Gasteiger partial charge in [0.15, 0.2) is 5.13 Å². The van der Waals surface area contributed by atoms with Gasteiger partial charge in [0.1, 0.15) is 5.82 Å². The lowest BCUT2D eigenvalue weighted by Crippen LogP contribution is -2.22. The van der Waals surface area contributed by atoms with E-state index in [1.54, 1.807) is 11.3 Å². The van der Waals surface area contributed by atoms with Crippen LogP contribution in [0.1, 0.15) is 27.2 Å². The van der Waals surface area contributed by atoms with Crippen molar-refractivity contribution in [3.63, 3.8) is 0 Å². The SMILES string of the molecule is C=C(CN(C)c1cc(-c2cccc(-c3csc(NC)n3)c2)ccn1)CC(C)(C)C. The summed E-state index contributed by atoms with van der Waals surface area (Å²) in [5.74, 6) is 0.953. The summed E-state index contributed by atoms with van der Waals surface area (Å²) in [6, 6.07) is 12.7. The standard InChI is InChI=1S/C24H30N4S/c1-17(14-24(2,3)4)15-28(6)22-13-19(10-11-26-22)18-8-7-9-20(12-18)21-16-29-23(25-5)27-21/h7-13,16H,1,14-15H2,2-6H3,(H,25,27). The molecule has 0 saturated heterocycles. The Balaban J connectivity index is 1.80. The van der Waals surface area contributed by atoms with Gasteiger partial charge in [0.05, 0.1) is 5.69 Å². The zero-order valence-electron chi connectivity index (χ0n) is 18.0. The Morgan fingerprint density at radius 2 is 1.86 bits per heavy atom. The van der Waals surface area contributed by atoms with Crippen molar-refractivity contribution < 1.29 is 0 Å². The number of hydrogen-bond acceptors (Lipinski definition) is 5. The van der Waals surface area contributed by atoms with Gasteiger partial charge in [-0.05, 0) is 41.2 Å². The number of aromatic nitrogens is 2. The van der Waals surface area contributed by atoms with Gasteiger partial charge in [-0.1, -0.05) is 51.1 Å². The van der Waals surface area contributed by atoms with Crippen LogP contribution >= 0.6 is 11.3 Å². The molecule has 3 aromatic rings. The number of thiazole rings is 1. The maximum Gasteiger partial charge on any atom is 0.182 e. The largest absolute Gasteiger partial charge is 0.365 e. The Morgan fingerprint density at radius 1 is 1.14 bits per heavy atom. The second kappa shape index (κ2) is 8.78. The van der Waals surface area contributed by atoms with Crippen LogP contribution in [0.5, 0.6) is 0 Å². The van der Waals surface area contributed by atoms with Crippen molar-refractivity contribution in [3.8, 4) is 22.4 Å². The number of pyridine rings is 1. The molecule has 1 N–H and O–H groups in total. The summed E-state index contributed by atoms with van der Waals surface area (Å²) in [4.78, 5) is 11.4. The average molecular weight is 407 g/mol. The summed E-state index contributed by atoms with van der Waals surface area (Å²) in [5, 5.41) is 6.10. The number of benzene rings is 1. The van der Waals surface area contributed by atoms with Gasteiger partial charge in [0.25, 0.3) is 0 Å². The van der Waals surface area contributed by atoms with Crippen molar-refractivity contribution in [1.29, 1.82) is 0 Å². The Kier molecular flexibility index (Phi) is 6.38. The Morgan fingerprint density at radius 3 is 2.55 bits per heavy atom. The number of nitrogens with one attached hydrogen (secondary N) is 1. The Bertz CT molecular complexity index is 984. The number of likely N-dealkylation sites (N-methyl/N-ethyl adjacent to an activating group) is 1. The van der Waals surface area contributed by atoms with Crippen LogP contribution in [0.25, 0.3) is 22.4 Å². The number of nitrogens with zero attached hydrogens (tertiary/aromatic N) is 3. The van der Waals surface area contributed by atoms with E-state index >= 15 is 0 Å². The van der Waals surface area contributed by atoms with E-state index in [-0.39, 0.29) is 5.41 Å². The van der Waals surface area contributed by atoms with Gasteiger partial charge in [0.2, 0.25) is 0 Å². The van der Waals surface area contributed by atoms with Crippen LogP contribution in [0.3, 0.4) is 0 Å². The third-order valence-corrected chi connectivity index (χ3v) is 5.45. The van der Waals surface area contributed by atoms with Crippen molar-refractivity contribution >= 4 is 22.3 Å². The summed E-state index contributed by atoms with van der Waals surface area (Å²) in [7, 11) is 3.97. The molecule has 0 amide bonds. The molecule has 0 bridgehead atoms. The number of rotatable bonds is 7. The highest BCUT2D eigenvalue weighted by atomic mass is 32.1. The van der Waals surface area contributed by atoms with Crippen molar-refractivity contribution in [3.05, 3.63) is 60.1 Å². The fourth-order valence-corrected chi connectivity index (χ4v) is 4.09. The van der Waals surface area contributed by atoms with Crippen LogP contribution in [-0.4, -0.2) is 30.6 Å². The molecule has 152 valence electrons. The molecule has 0 atom stereocenters. The predicted molar refractivity (Wildman–Crippen MR) is 127 cm³/mol. The molecule has 0 aliphatic rings. The van der Waals surface area contributed by atoms with Crippen molar-refractivity contribution in [2.75, 3.05) is 30.9 Å². The number of hydrogen-bond donors (Lipinski definition) is 1. The van der Waals surface area contributed by atoms with E-state index in [9.17, 15) is 0 Å². The van der Waals surface area contributed by atoms with Crippen LogP contribution in [0.15, 0.2) is 60.1 Å². The molecule has 29 heavy (non-hydrogen) atoms. The number of anilines is 2. The van der Waals surface area contributed by atoms with Crippen molar-refractivity contribution in [2.24, 2.45) is 5.41 Å². The van der Waals surface area contributed by atoms with E-state index in [2.05, 4.69) is 96.4 Å². The van der Waals surface area contributed by atoms with Crippen LogP contribution in [-0.2, 0) is 0 Å². The average Bonchev–Trinajstić information content (AvgIpc) is 3.16. The van der Waals surface area contributed by atoms with Crippen LogP contribution in [0.2, 0.25) is 0 Å². The summed E-state index contributed by atoms with van der Waals surface area (Å²) in [6.45, 7) is 11.8. The van der Waals surface area contributed by atoms with E-state index in [1.807, 2.05) is 13.2 Å². The summed E-state index contributed by atoms with van der Waals surface area (Å²) in [6.07, 6.45) is 2.88. The second-order valence-electron chi connectivity index (χ2n) is 8.61. The fraction of sp³-hybridized carbons (Fsp3) is 0.333. The van der Waals surface area contributed by atoms with Gasteiger partial charge in [-0.25, -0.2) is 9.97 Å². The molecule has 0 spiro atoms. The molecule has 3 rings (SSSR count). The van der Waals surface area contributed by atoms with E-state index in [0.29, 0.717) is 0 Å². The minimum Gasteiger partial charge on any atom is -0.365 e. The summed E-state index contributed by atoms with van der Waals surface area (Å²) < 4.78 is 0. The second-order valence-corrected chi connectivity index (χ2v) is 9.47. The first-order valence-electron chi connectivity index (χ1n) is 9.83. The molecule has 0 unspecified atom stereocenters. The zero-order valence-corrected chi connectivity index (χ0v) is 18.8. The molecule has 0 aliphatic heterocycles. The third kappa shape index (κ3) is 5.67. The predicted octanol–water partition coefficient (Wildman–Crippen LogP) is 6.34. The molecule has 5 heteroatoms. The highest BCUT2D eigenvalue weighted by molar-refractivity contribution is 7.14. The molecular formula is C24H30N4S.